The summed E-state index contributed by atoms with van der Waals surface area (Å²) in [4.78, 5) is 0.452. The molecule has 0 aromatic heterocycles. The molecule has 0 spiro atoms. The molecular formula is C15H22N2O2S. The Morgan fingerprint density at radius 1 is 1.20 bits per heavy atom. The fourth-order valence-corrected chi connectivity index (χ4v) is 4.21. The molecule has 20 heavy (non-hydrogen) atoms. The average Bonchev–Trinajstić information content (AvgIpc) is 3.29. The molecule has 1 aromatic carbocycles. The minimum atomic E-state index is -3.36. The zero-order valence-electron chi connectivity index (χ0n) is 11.8. The van der Waals surface area contributed by atoms with Gasteiger partial charge in [0.05, 0.1) is 4.90 Å². The van der Waals surface area contributed by atoms with Gasteiger partial charge in [-0.1, -0.05) is 18.2 Å². The van der Waals surface area contributed by atoms with Gasteiger partial charge in [0.25, 0.3) is 0 Å². The summed E-state index contributed by atoms with van der Waals surface area (Å²) in [5, 5.41) is 3.33. The molecule has 0 heterocycles. The first kappa shape index (κ1) is 14.0. The van der Waals surface area contributed by atoms with Crippen LogP contribution in [0.3, 0.4) is 0 Å². The van der Waals surface area contributed by atoms with Gasteiger partial charge in [0.1, 0.15) is 0 Å². The number of benzene rings is 1. The van der Waals surface area contributed by atoms with E-state index < -0.39 is 10.0 Å². The second-order valence-corrected chi connectivity index (χ2v) is 7.62. The molecule has 0 radical (unpaired) electrons. The molecule has 0 bridgehead atoms. The van der Waals surface area contributed by atoms with Gasteiger partial charge in [0, 0.05) is 12.1 Å². The molecule has 1 unspecified atom stereocenters. The van der Waals surface area contributed by atoms with Gasteiger partial charge in [-0.05, 0) is 56.7 Å². The van der Waals surface area contributed by atoms with Gasteiger partial charge in [-0.3, -0.25) is 0 Å². The van der Waals surface area contributed by atoms with Gasteiger partial charge in [0.15, 0.2) is 0 Å². The Hall–Kier alpha value is -0.910. The second-order valence-electron chi connectivity index (χ2n) is 5.94. The van der Waals surface area contributed by atoms with Crippen LogP contribution >= 0.6 is 0 Å². The highest BCUT2D eigenvalue weighted by Crippen LogP contribution is 2.34. The predicted octanol–water partition coefficient (Wildman–Crippen LogP) is 1.67. The van der Waals surface area contributed by atoms with Crippen molar-refractivity contribution < 1.29 is 8.42 Å². The number of hydrogen-bond acceptors (Lipinski definition) is 3. The standard InChI is InChI=1S/C15H22N2O2S/c1-16-14(11-6-7-11)10-12-4-2-3-5-15(12)20(18,19)17-13-8-9-13/h2-5,11,13-14,16-17H,6-10H2,1H3. The van der Waals surface area contributed by atoms with Crippen LogP contribution in [0.1, 0.15) is 31.2 Å². The van der Waals surface area contributed by atoms with Gasteiger partial charge < -0.3 is 5.32 Å². The van der Waals surface area contributed by atoms with Crippen molar-refractivity contribution in [1.82, 2.24) is 10.0 Å². The molecule has 2 aliphatic rings. The Labute approximate surface area is 121 Å². The van der Waals surface area contributed by atoms with E-state index in [1.165, 1.54) is 12.8 Å². The van der Waals surface area contributed by atoms with Gasteiger partial charge >= 0.3 is 0 Å². The van der Waals surface area contributed by atoms with Crippen molar-refractivity contribution in [2.45, 2.75) is 49.1 Å². The van der Waals surface area contributed by atoms with Crippen molar-refractivity contribution in [2.75, 3.05) is 7.05 Å². The second kappa shape index (κ2) is 5.47. The van der Waals surface area contributed by atoms with E-state index in [0.29, 0.717) is 16.9 Å². The fourth-order valence-electron chi connectivity index (χ4n) is 2.66. The topological polar surface area (TPSA) is 58.2 Å². The molecule has 5 heteroatoms. The molecule has 0 amide bonds. The molecule has 110 valence electrons. The number of likely N-dealkylation sites (N-methyl/N-ethyl adjacent to an activating group) is 1. The zero-order valence-corrected chi connectivity index (χ0v) is 12.6. The lowest BCUT2D eigenvalue weighted by atomic mass is 10.0. The van der Waals surface area contributed by atoms with Crippen LogP contribution in [0.2, 0.25) is 0 Å². The number of hydrogen-bond donors (Lipinski definition) is 2. The molecule has 1 atom stereocenters. The Morgan fingerprint density at radius 2 is 1.90 bits per heavy atom. The maximum atomic E-state index is 12.4. The molecule has 2 saturated carbocycles. The third-order valence-electron chi connectivity index (χ3n) is 4.16. The van der Waals surface area contributed by atoms with Crippen LogP contribution in [-0.2, 0) is 16.4 Å². The Bertz CT molecular complexity index is 577. The summed E-state index contributed by atoms with van der Waals surface area (Å²) in [6, 6.07) is 7.92. The van der Waals surface area contributed by atoms with E-state index in [1.807, 2.05) is 19.2 Å². The van der Waals surface area contributed by atoms with E-state index in [1.54, 1.807) is 12.1 Å². The van der Waals surface area contributed by atoms with Crippen LogP contribution in [0.15, 0.2) is 29.2 Å². The first-order chi connectivity index (χ1) is 9.60. The van der Waals surface area contributed by atoms with Crippen LogP contribution in [-0.4, -0.2) is 27.5 Å². The first-order valence-electron chi connectivity index (χ1n) is 7.37. The molecule has 3 rings (SSSR count). The summed E-state index contributed by atoms with van der Waals surface area (Å²) in [7, 11) is -1.40. The minimum Gasteiger partial charge on any atom is -0.316 e. The first-order valence-corrected chi connectivity index (χ1v) is 8.86. The van der Waals surface area contributed by atoms with Crippen LogP contribution in [0, 0.1) is 5.92 Å². The van der Waals surface area contributed by atoms with Crippen LogP contribution in [0.25, 0.3) is 0 Å². The SMILES string of the molecule is CNC(Cc1ccccc1S(=O)(=O)NC1CC1)C1CC1. The van der Waals surface area contributed by atoms with Gasteiger partial charge in [-0.2, -0.15) is 0 Å². The normalized spacial score (nSPS) is 20.9. The minimum absolute atomic E-state index is 0.150. The van der Waals surface area contributed by atoms with Crippen molar-refractivity contribution in [3.8, 4) is 0 Å². The average molecular weight is 294 g/mol. The highest BCUT2D eigenvalue weighted by atomic mass is 32.2. The lowest BCUT2D eigenvalue weighted by Gasteiger charge is -2.18. The maximum Gasteiger partial charge on any atom is 0.241 e. The van der Waals surface area contributed by atoms with E-state index in [2.05, 4.69) is 10.0 Å². The van der Waals surface area contributed by atoms with Crippen LogP contribution in [0.5, 0.6) is 0 Å². The Balaban J connectivity index is 1.83. The zero-order chi connectivity index (χ0) is 14.2. The van der Waals surface area contributed by atoms with E-state index in [-0.39, 0.29) is 6.04 Å². The Kier molecular flexibility index (Phi) is 3.84. The van der Waals surface area contributed by atoms with E-state index in [4.69, 9.17) is 0 Å². The molecular weight excluding hydrogens is 272 g/mol. The van der Waals surface area contributed by atoms with Gasteiger partial charge in [-0.15, -0.1) is 0 Å². The summed E-state index contributed by atoms with van der Waals surface area (Å²) in [6.07, 6.45) is 5.20. The monoisotopic (exact) mass is 294 g/mol. The van der Waals surface area contributed by atoms with E-state index >= 15 is 0 Å². The summed E-state index contributed by atoms with van der Waals surface area (Å²) in [5.74, 6) is 0.701. The largest absolute Gasteiger partial charge is 0.316 e. The molecule has 4 nitrogen and oxygen atoms in total. The smallest absolute Gasteiger partial charge is 0.241 e. The fraction of sp³-hybridized carbons (Fsp3) is 0.600. The molecule has 1 aromatic rings. The van der Waals surface area contributed by atoms with Crippen LogP contribution in [0.4, 0.5) is 0 Å². The highest BCUT2D eigenvalue weighted by Gasteiger charge is 2.33. The summed E-state index contributed by atoms with van der Waals surface area (Å²) >= 11 is 0. The van der Waals surface area contributed by atoms with Crippen LogP contribution < -0.4 is 10.0 Å². The van der Waals surface area contributed by atoms with Crippen molar-refractivity contribution in [3.63, 3.8) is 0 Å². The van der Waals surface area contributed by atoms with Crippen molar-refractivity contribution >= 4 is 10.0 Å². The molecule has 2 fully saturated rings. The Morgan fingerprint density at radius 3 is 2.50 bits per heavy atom. The maximum absolute atomic E-state index is 12.4. The molecule has 0 aliphatic heterocycles. The highest BCUT2D eigenvalue weighted by molar-refractivity contribution is 7.89. The third-order valence-corrected chi connectivity index (χ3v) is 5.78. The van der Waals surface area contributed by atoms with Gasteiger partial charge in [0.2, 0.25) is 10.0 Å². The number of sulfonamides is 1. The number of rotatable bonds is 7. The summed E-state index contributed by atoms with van der Waals surface area (Å²) in [5.41, 5.74) is 0.923. The van der Waals surface area contributed by atoms with Crippen molar-refractivity contribution in [1.29, 1.82) is 0 Å². The summed E-state index contributed by atoms with van der Waals surface area (Å²) in [6.45, 7) is 0. The predicted molar refractivity (Wildman–Crippen MR) is 79.1 cm³/mol. The van der Waals surface area contributed by atoms with Crippen molar-refractivity contribution in [3.05, 3.63) is 29.8 Å². The van der Waals surface area contributed by atoms with Crippen molar-refractivity contribution in [2.24, 2.45) is 5.92 Å². The van der Waals surface area contributed by atoms with Gasteiger partial charge in [-0.25, -0.2) is 13.1 Å². The quantitative estimate of drug-likeness (QED) is 0.804. The number of nitrogens with one attached hydrogen (secondary N) is 2. The third kappa shape index (κ3) is 3.22. The van der Waals surface area contributed by atoms with E-state index in [9.17, 15) is 8.42 Å². The van der Waals surface area contributed by atoms with E-state index in [0.717, 1.165) is 24.8 Å². The molecule has 2 aliphatic carbocycles. The summed E-state index contributed by atoms with van der Waals surface area (Å²) < 4.78 is 27.6. The molecule has 0 saturated heterocycles. The lowest BCUT2D eigenvalue weighted by molar-refractivity contribution is 0.496. The molecule has 2 N–H and O–H groups in total. The lowest BCUT2D eigenvalue weighted by Crippen LogP contribution is -2.31.